The Hall–Kier alpha value is -3.55. The molecule has 1 aliphatic carbocycles. The van der Waals surface area contributed by atoms with E-state index in [-0.39, 0.29) is 35.4 Å². The number of nitrogens with two attached hydrogens (primary N) is 1. The van der Waals surface area contributed by atoms with Crippen LogP contribution < -0.4 is 25.8 Å². The molecule has 1 fully saturated rings. The molecule has 2 aromatic carbocycles. The Bertz CT molecular complexity index is 993. The third-order valence-electron chi connectivity index (χ3n) is 4.31. The zero-order valence-electron chi connectivity index (χ0n) is 17.9. The highest BCUT2D eigenvalue weighted by molar-refractivity contribution is 6.09. The van der Waals surface area contributed by atoms with Gasteiger partial charge in [0, 0.05) is 11.1 Å². The van der Waals surface area contributed by atoms with Gasteiger partial charge >= 0.3 is 0 Å². The second-order valence-corrected chi connectivity index (χ2v) is 8.46. The third-order valence-corrected chi connectivity index (χ3v) is 4.31. The van der Waals surface area contributed by atoms with Crippen molar-refractivity contribution in [1.82, 2.24) is 5.32 Å². The minimum atomic E-state index is -0.668. The van der Waals surface area contributed by atoms with Gasteiger partial charge in [-0.25, -0.2) is 0 Å². The lowest BCUT2D eigenvalue weighted by atomic mass is 10.1. The van der Waals surface area contributed by atoms with Gasteiger partial charge in [-0.05, 0) is 70.0 Å². The average Bonchev–Trinajstić information content (AvgIpc) is 3.50. The first-order valence-electron chi connectivity index (χ1n) is 10.1. The van der Waals surface area contributed by atoms with E-state index in [0.717, 1.165) is 12.8 Å². The van der Waals surface area contributed by atoms with Gasteiger partial charge in [0.15, 0.2) is 6.61 Å². The Balaban J connectivity index is 1.67. The van der Waals surface area contributed by atoms with E-state index in [2.05, 4.69) is 10.6 Å². The summed E-state index contributed by atoms with van der Waals surface area (Å²) < 4.78 is 11.2. The number of hydrogen-bond acceptors (Lipinski definition) is 5. The summed E-state index contributed by atoms with van der Waals surface area (Å²) >= 11 is 0. The van der Waals surface area contributed by atoms with Gasteiger partial charge < -0.3 is 25.8 Å². The van der Waals surface area contributed by atoms with Gasteiger partial charge in [0.2, 0.25) is 0 Å². The van der Waals surface area contributed by atoms with Crippen molar-refractivity contribution in [2.24, 2.45) is 5.73 Å². The molecule has 1 saturated carbocycles. The van der Waals surface area contributed by atoms with Crippen LogP contribution in [-0.2, 0) is 4.79 Å². The molecule has 8 heteroatoms. The molecule has 4 N–H and O–H groups in total. The summed E-state index contributed by atoms with van der Waals surface area (Å²) in [6.45, 7) is 5.46. The minimum absolute atomic E-state index is 0.165. The van der Waals surface area contributed by atoms with Crippen LogP contribution in [0.25, 0.3) is 0 Å². The second-order valence-electron chi connectivity index (χ2n) is 8.46. The van der Waals surface area contributed by atoms with Crippen molar-refractivity contribution in [2.45, 2.75) is 45.3 Å². The van der Waals surface area contributed by atoms with Crippen LogP contribution in [0.15, 0.2) is 42.5 Å². The lowest BCUT2D eigenvalue weighted by Gasteiger charge is -2.20. The number of benzene rings is 2. The van der Waals surface area contributed by atoms with E-state index >= 15 is 0 Å². The van der Waals surface area contributed by atoms with Crippen LogP contribution in [0.2, 0.25) is 0 Å². The lowest BCUT2D eigenvalue weighted by molar-refractivity contribution is -0.124. The predicted molar refractivity (Wildman–Crippen MR) is 116 cm³/mol. The molecule has 0 aromatic heterocycles. The van der Waals surface area contributed by atoms with Crippen LogP contribution in [0.4, 0.5) is 5.69 Å². The van der Waals surface area contributed by atoms with Crippen molar-refractivity contribution >= 4 is 23.4 Å². The van der Waals surface area contributed by atoms with Crippen molar-refractivity contribution < 1.29 is 23.9 Å². The standard InChI is InChI=1S/C23H27N3O5/c1-23(2,3)26-20(27)13-30-16-6-4-5-14(11-16)22(29)25-19-10-9-17(31-15-7-8-15)12-18(19)21(24)28/h4-6,9-12,15H,7-8,13H2,1-3H3,(H2,24,28)(H,25,29)(H,26,27). The molecule has 0 saturated heterocycles. The number of hydrogen-bond donors (Lipinski definition) is 3. The topological polar surface area (TPSA) is 120 Å². The molecule has 31 heavy (non-hydrogen) atoms. The van der Waals surface area contributed by atoms with Crippen LogP contribution in [0.5, 0.6) is 11.5 Å². The highest BCUT2D eigenvalue weighted by atomic mass is 16.5. The number of ether oxygens (including phenoxy) is 2. The smallest absolute Gasteiger partial charge is 0.258 e. The largest absolute Gasteiger partial charge is 0.490 e. The summed E-state index contributed by atoms with van der Waals surface area (Å²) in [6.07, 6.45) is 2.15. The van der Waals surface area contributed by atoms with Gasteiger partial charge in [0.05, 0.1) is 17.4 Å². The number of carbonyl (C=O) groups is 3. The van der Waals surface area contributed by atoms with E-state index in [4.69, 9.17) is 15.2 Å². The number of nitrogens with one attached hydrogen (secondary N) is 2. The Morgan fingerprint density at radius 2 is 1.81 bits per heavy atom. The first-order chi connectivity index (χ1) is 14.6. The van der Waals surface area contributed by atoms with E-state index in [1.165, 1.54) is 12.1 Å². The molecule has 3 amide bonds. The molecule has 3 rings (SSSR count). The molecular formula is C23H27N3O5. The van der Waals surface area contributed by atoms with Gasteiger partial charge in [0.1, 0.15) is 11.5 Å². The summed E-state index contributed by atoms with van der Waals surface area (Å²) in [6, 6.07) is 11.2. The monoisotopic (exact) mass is 425 g/mol. The summed E-state index contributed by atoms with van der Waals surface area (Å²) in [5, 5.41) is 5.50. The number of anilines is 1. The Morgan fingerprint density at radius 1 is 1.06 bits per heavy atom. The van der Waals surface area contributed by atoms with Crippen molar-refractivity contribution in [3.63, 3.8) is 0 Å². The molecular weight excluding hydrogens is 398 g/mol. The van der Waals surface area contributed by atoms with Crippen molar-refractivity contribution in [2.75, 3.05) is 11.9 Å². The zero-order chi connectivity index (χ0) is 22.6. The maximum absolute atomic E-state index is 12.7. The van der Waals surface area contributed by atoms with E-state index < -0.39 is 11.8 Å². The summed E-state index contributed by atoms with van der Waals surface area (Å²) in [7, 11) is 0. The van der Waals surface area contributed by atoms with Crippen LogP contribution in [-0.4, -0.2) is 36.0 Å². The normalized spacial score (nSPS) is 13.3. The quantitative estimate of drug-likeness (QED) is 0.601. The first kappa shape index (κ1) is 22.1. The van der Waals surface area contributed by atoms with Crippen molar-refractivity contribution in [3.8, 4) is 11.5 Å². The molecule has 8 nitrogen and oxygen atoms in total. The number of primary amides is 1. The molecule has 0 atom stereocenters. The summed E-state index contributed by atoms with van der Waals surface area (Å²) in [5.41, 5.74) is 5.88. The van der Waals surface area contributed by atoms with E-state index in [1.54, 1.807) is 30.3 Å². The van der Waals surface area contributed by atoms with Crippen molar-refractivity contribution in [1.29, 1.82) is 0 Å². The predicted octanol–water partition coefficient (Wildman–Crippen LogP) is 2.87. The molecule has 0 spiro atoms. The maximum atomic E-state index is 12.7. The zero-order valence-corrected chi connectivity index (χ0v) is 17.9. The Kier molecular flexibility index (Phi) is 6.48. The van der Waals surface area contributed by atoms with E-state index in [1.807, 2.05) is 20.8 Å². The minimum Gasteiger partial charge on any atom is -0.490 e. The fourth-order valence-corrected chi connectivity index (χ4v) is 2.81. The average molecular weight is 425 g/mol. The SMILES string of the molecule is CC(C)(C)NC(=O)COc1cccc(C(=O)Nc2ccc(OC3CC3)cc2C(N)=O)c1. The van der Waals surface area contributed by atoms with Crippen LogP contribution >= 0.6 is 0 Å². The molecule has 0 heterocycles. The fourth-order valence-electron chi connectivity index (χ4n) is 2.81. The summed E-state index contributed by atoms with van der Waals surface area (Å²) in [5.74, 6) is -0.457. The van der Waals surface area contributed by atoms with Gasteiger partial charge in [0.25, 0.3) is 17.7 Å². The Labute approximate surface area is 181 Å². The van der Waals surface area contributed by atoms with Gasteiger partial charge in [-0.15, -0.1) is 0 Å². The van der Waals surface area contributed by atoms with Crippen molar-refractivity contribution in [3.05, 3.63) is 53.6 Å². The second kappa shape index (κ2) is 9.07. The summed E-state index contributed by atoms with van der Waals surface area (Å²) in [4.78, 5) is 36.5. The maximum Gasteiger partial charge on any atom is 0.258 e. The first-order valence-corrected chi connectivity index (χ1v) is 10.1. The van der Waals surface area contributed by atoms with Crippen LogP contribution in [0, 0.1) is 0 Å². The molecule has 0 bridgehead atoms. The molecule has 2 aromatic rings. The number of carbonyl (C=O) groups excluding carboxylic acids is 3. The van der Waals surface area contributed by atoms with E-state index in [0.29, 0.717) is 17.1 Å². The van der Waals surface area contributed by atoms with Gasteiger partial charge in [-0.2, -0.15) is 0 Å². The highest BCUT2D eigenvalue weighted by Gasteiger charge is 2.24. The molecule has 0 radical (unpaired) electrons. The van der Waals surface area contributed by atoms with Crippen LogP contribution in [0.1, 0.15) is 54.3 Å². The Morgan fingerprint density at radius 3 is 2.45 bits per heavy atom. The lowest BCUT2D eigenvalue weighted by Crippen LogP contribution is -2.43. The molecule has 1 aliphatic rings. The van der Waals surface area contributed by atoms with Gasteiger partial charge in [-0.1, -0.05) is 6.07 Å². The molecule has 0 aliphatic heterocycles. The van der Waals surface area contributed by atoms with E-state index in [9.17, 15) is 14.4 Å². The fraction of sp³-hybridized carbons (Fsp3) is 0.348. The third kappa shape index (κ3) is 6.74. The number of amides is 3. The molecule has 0 unspecified atom stereocenters. The molecule has 164 valence electrons. The number of rotatable bonds is 8. The van der Waals surface area contributed by atoms with Gasteiger partial charge in [-0.3, -0.25) is 14.4 Å². The highest BCUT2D eigenvalue weighted by Crippen LogP contribution is 2.29. The van der Waals surface area contributed by atoms with Crippen LogP contribution in [0.3, 0.4) is 0 Å².